The van der Waals surface area contributed by atoms with Gasteiger partial charge in [-0.15, -0.1) is 0 Å². The van der Waals surface area contributed by atoms with E-state index in [9.17, 15) is 14.4 Å². The molecular formula is C18H14ClN3O6. The molecule has 0 spiro atoms. The lowest BCUT2D eigenvalue weighted by Gasteiger charge is -2.07. The van der Waals surface area contributed by atoms with Crippen LogP contribution >= 0.6 is 11.6 Å². The highest BCUT2D eigenvalue weighted by atomic mass is 35.5. The molecule has 0 radical (unpaired) electrons. The van der Waals surface area contributed by atoms with Crippen LogP contribution in [-0.4, -0.2) is 29.5 Å². The summed E-state index contributed by atoms with van der Waals surface area (Å²) in [5, 5.41) is 4.23. The van der Waals surface area contributed by atoms with Crippen LogP contribution < -0.4 is 10.9 Å². The van der Waals surface area contributed by atoms with Crippen molar-refractivity contribution >= 4 is 29.4 Å². The summed E-state index contributed by atoms with van der Waals surface area (Å²) in [5.41, 5.74) is 4.99. The lowest BCUT2D eigenvalue weighted by molar-refractivity contribution is -0.125. The molecule has 0 saturated carbocycles. The van der Waals surface area contributed by atoms with Crippen molar-refractivity contribution in [3.05, 3.63) is 64.8 Å². The lowest BCUT2D eigenvalue weighted by Crippen LogP contribution is -2.43. The third kappa shape index (κ3) is 4.21. The van der Waals surface area contributed by atoms with Gasteiger partial charge in [-0.1, -0.05) is 35.0 Å². The Bertz CT molecular complexity index is 1010. The number of hydrogen-bond donors (Lipinski definition) is 2. The van der Waals surface area contributed by atoms with E-state index in [1.807, 2.05) is 0 Å². The molecule has 9 nitrogen and oxygen atoms in total. The van der Waals surface area contributed by atoms with E-state index in [1.54, 1.807) is 24.3 Å². The molecule has 0 bridgehead atoms. The van der Waals surface area contributed by atoms with Crippen LogP contribution in [0.1, 0.15) is 26.7 Å². The summed E-state index contributed by atoms with van der Waals surface area (Å²) in [5.74, 6) is -1.99. The summed E-state index contributed by atoms with van der Waals surface area (Å²) in [6.07, 6.45) is 1.32. The Balaban J connectivity index is 1.61. The van der Waals surface area contributed by atoms with Gasteiger partial charge in [0, 0.05) is 5.56 Å². The minimum Gasteiger partial charge on any atom is -0.459 e. The Kier molecular flexibility index (Phi) is 5.75. The Morgan fingerprint density at radius 2 is 1.93 bits per heavy atom. The molecule has 3 rings (SSSR count). The Morgan fingerprint density at radius 1 is 1.14 bits per heavy atom. The van der Waals surface area contributed by atoms with Crippen LogP contribution in [0.2, 0.25) is 5.02 Å². The Morgan fingerprint density at radius 3 is 2.64 bits per heavy atom. The maximum atomic E-state index is 12.4. The lowest BCUT2D eigenvalue weighted by atomic mass is 10.1. The summed E-state index contributed by atoms with van der Waals surface area (Å²) >= 11 is 6.14. The van der Waals surface area contributed by atoms with Crippen LogP contribution in [0, 0.1) is 6.92 Å². The van der Waals surface area contributed by atoms with Crippen LogP contribution in [0.4, 0.5) is 0 Å². The highest BCUT2D eigenvalue weighted by molar-refractivity contribution is 6.33. The van der Waals surface area contributed by atoms with Crippen molar-refractivity contribution in [2.45, 2.75) is 6.92 Å². The molecule has 2 heterocycles. The van der Waals surface area contributed by atoms with Crippen LogP contribution in [0.5, 0.6) is 0 Å². The molecule has 0 atom stereocenters. The number of hydrazine groups is 1. The fourth-order valence-corrected chi connectivity index (χ4v) is 2.51. The second-order valence-corrected chi connectivity index (χ2v) is 5.91. The van der Waals surface area contributed by atoms with Gasteiger partial charge in [0.25, 0.3) is 5.91 Å². The molecule has 0 unspecified atom stereocenters. The molecule has 0 saturated heterocycles. The number of benzene rings is 1. The van der Waals surface area contributed by atoms with E-state index < -0.39 is 24.4 Å². The molecule has 0 aliphatic heterocycles. The number of amides is 2. The van der Waals surface area contributed by atoms with E-state index in [4.69, 9.17) is 25.3 Å². The molecule has 1 aromatic carbocycles. The first kappa shape index (κ1) is 19.2. The Labute approximate surface area is 163 Å². The van der Waals surface area contributed by atoms with Crippen LogP contribution in [-0.2, 0) is 9.53 Å². The minimum atomic E-state index is -0.818. The number of ether oxygens (including phenoxy) is 1. The number of carbonyl (C=O) groups excluding carboxylic acids is 3. The topological polar surface area (TPSA) is 124 Å². The molecule has 144 valence electrons. The second-order valence-electron chi connectivity index (χ2n) is 5.50. The van der Waals surface area contributed by atoms with Crippen molar-refractivity contribution < 1.29 is 28.1 Å². The zero-order chi connectivity index (χ0) is 20.1. The molecule has 0 aliphatic carbocycles. The van der Waals surface area contributed by atoms with E-state index in [-0.39, 0.29) is 22.8 Å². The quantitative estimate of drug-likeness (QED) is 0.495. The standard InChI is InChI=1S/C18H14ClN3O6/c1-10-15(16(22-28-10)11-5-2-3-6-12(11)19)18(25)27-9-14(23)20-21-17(24)13-7-4-8-26-13/h2-8H,9H2,1H3,(H,20,23)(H,21,24). The van der Waals surface area contributed by atoms with Gasteiger partial charge >= 0.3 is 11.9 Å². The van der Waals surface area contributed by atoms with Crippen molar-refractivity contribution in [3.8, 4) is 11.3 Å². The van der Waals surface area contributed by atoms with E-state index >= 15 is 0 Å². The van der Waals surface area contributed by atoms with Gasteiger partial charge in [-0.05, 0) is 25.1 Å². The first-order valence-electron chi connectivity index (χ1n) is 7.98. The number of esters is 1. The fraction of sp³-hybridized carbons (Fsp3) is 0.111. The van der Waals surface area contributed by atoms with Crippen LogP contribution in [0.25, 0.3) is 11.3 Å². The van der Waals surface area contributed by atoms with Gasteiger partial charge in [-0.25, -0.2) is 4.79 Å². The summed E-state index contributed by atoms with van der Waals surface area (Å²) < 4.78 is 14.9. The van der Waals surface area contributed by atoms with E-state index in [2.05, 4.69) is 16.0 Å². The first-order valence-corrected chi connectivity index (χ1v) is 8.36. The van der Waals surface area contributed by atoms with E-state index in [0.29, 0.717) is 10.6 Å². The molecule has 0 fully saturated rings. The summed E-state index contributed by atoms with van der Waals surface area (Å²) in [6, 6.07) is 9.73. The summed E-state index contributed by atoms with van der Waals surface area (Å²) in [7, 11) is 0. The van der Waals surface area contributed by atoms with Gasteiger partial charge in [0.2, 0.25) is 0 Å². The summed E-state index contributed by atoms with van der Waals surface area (Å²) in [4.78, 5) is 35.9. The van der Waals surface area contributed by atoms with Crippen molar-refractivity contribution in [1.29, 1.82) is 0 Å². The normalized spacial score (nSPS) is 10.4. The van der Waals surface area contributed by atoms with Gasteiger partial charge in [-0.3, -0.25) is 20.4 Å². The highest BCUT2D eigenvalue weighted by Crippen LogP contribution is 2.31. The number of hydrogen-bond acceptors (Lipinski definition) is 7. The molecule has 2 amide bonds. The van der Waals surface area contributed by atoms with Crippen LogP contribution in [0.15, 0.2) is 51.6 Å². The SMILES string of the molecule is Cc1onc(-c2ccccc2Cl)c1C(=O)OCC(=O)NNC(=O)c1ccco1. The second kappa shape index (κ2) is 8.40. The number of nitrogens with zero attached hydrogens (tertiary/aromatic N) is 1. The third-order valence-electron chi connectivity index (χ3n) is 3.59. The maximum Gasteiger partial charge on any atom is 0.344 e. The van der Waals surface area contributed by atoms with Crippen molar-refractivity contribution in [2.24, 2.45) is 0 Å². The van der Waals surface area contributed by atoms with Gasteiger partial charge in [0.1, 0.15) is 17.0 Å². The average molecular weight is 404 g/mol. The predicted molar refractivity (Wildman–Crippen MR) is 96.3 cm³/mol. The zero-order valence-corrected chi connectivity index (χ0v) is 15.3. The van der Waals surface area contributed by atoms with E-state index in [1.165, 1.54) is 25.3 Å². The number of aryl methyl sites for hydroxylation is 1. The zero-order valence-electron chi connectivity index (χ0n) is 14.5. The first-order chi connectivity index (χ1) is 13.5. The summed E-state index contributed by atoms with van der Waals surface area (Å²) in [6.45, 7) is 0.900. The van der Waals surface area contributed by atoms with Crippen molar-refractivity contribution in [1.82, 2.24) is 16.0 Å². The monoisotopic (exact) mass is 403 g/mol. The highest BCUT2D eigenvalue weighted by Gasteiger charge is 2.25. The molecule has 28 heavy (non-hydrogen) atoms. The number of furan rings is 1. The Hall–Kier alpha value is -3.59. The molecule has 10 heteroatoms. The van der Waals surface area contributed by atoms with Gasteiger partial charge in [-0.2, -0.15) is 0 Å². The molecule has 0 aliphatic rings. The molecule has 3 aromatic rings. The third-order valence-corrected chi connectivity index (χ3v) is 3.92. The number of carbonyl (C=O) groups is 3. The molecule has 2 aromatic heterocycles. The molecule has 2 N–H and O–H groups in total. The minimum absolute atomic E-state index is 0.0155. The maximum absolute atomic E-state index is 12.4. The molecular weight excluding hydrogens is 390 g/mol. The number of nitrogens with one attached hydrogen (secondary N) is 2. The van der Waals surface area contributed by atoms with Crippen molar-refractivity contribution in [3.63, 3.8) is 0 Å². The number of rotatable bonds is 5. The van der Waals surface area contributed by atoms with Crippen molar-refractivity contribution in [2.75, 3.05) is 6.61 Å². The van der Waals surface area contributed by atoms with Crippen LogP contribution in [0.3, 0.4) is 0 Å². The number of aromatic nitrogens is 1. The largest absolute Gasteiger partial charge is 0.459 e. The van der Waals surface area contributed by atoms with Gasteiger partial charge in [0.15, 0.2) is 12.4 Å². The van der Waals surface area contributed by atoms with Gasteiger partial charge in [0.05, 0.1) is 11.3 Å². The number of halogens is 1. The predicted octanol–water partition coefficient (Wildman–Crippen LogP) is 2.51. The smallest absolute Gasteiger partial charge is 0.344 e. The fourth-order valence-electron chi connectivity index (χ4n) is 2.28. The van der Waals surface area contributed by atoms with Gasteiger partial charge < -0.3 is 13.7 Å². The van der Waals surface area contributed by atoms with E-state index in [0.717, 1.165) is 0 Å². The average Bonchev–Trinajstić information content (AvgIpc) is 3.34.